The molecule has 0 unspecified atom stereocenters. The van der Waals surface area contributed by atoms with Crippen LogP contribution in [0.3, 0.4) is 0 Å². The van der Waals surface area contributed by atoms with Gasteiger partial charge in [0, 0.05) is 12.8 Å². The van der Waals surface area contributed by atoms with Crippen LogP contribution in [0, 0.1) is 0 Å². The second-order valence-corrected chi connectivity index (χ2v) is 5.35. The molecule has 0 N–H and O–H groups in total. The minimum Gasteiger partial charge on any atom is -0.101 e. The van der Waals surface area contributed by atoms with Crippen LogP contribution in [0.4, 0.5) is 0 Å². The third-order valence-corrected chi connectivity index (χ3v) is 2.10. The van der Waals surface area contributed by atoms with E-state index in [0.29, 0.717) is 12.8 Å². The summed E-state index contributed by atoms with van der Waals surface area (Å²) < 4.78 is -1.33. The van der Waals surface area contributed by atoms with E-state index in [4.69, 9.17) is 46.4 Å². The summed E-state index contributed by atoms with van der Waals surface area (Å²) in [4.78, 5) is 0. The molecule has 0 amide bonds. The maximum absolute atomic E-state index is 5.59. The summed E-state index contributed by atoms with van der Waals surface area (Å²) in [6, 6.07) is 0. The molecule has 8 heavy (non-hydrogen) atoms. The molecule has 1 aliphatic rings. The third-order valence-electron chi connectivity index (χ3n) is 1.03. The van der Waals surface area contributed by atoms with Crippen molar-refractivity contribution < 1.29 is 0 Å². The lowest BCUT2D eigenvalue weighted by atomic mass is 9.97. The molecule has 4 heteroatoms. The van der Waals surface area contributed by atoms with Gasteiger partial charge in [-0.1, -0.05) is 0 Å². The van der Waals surface area contributed by atoms with Gasteiger partial charge in [-0.25, -0.2) is 0 Å². The van der Waals surface area contributed by atoms with E-state index in [9.17, 15) is 0 Å². The molecule has 0 radical (unpaired) electrons. The highest BCUT2D eigenvalue weighted by Crippen LogP contribution is 2.55. The fourth-order valence-electron chi connectivity index (χ4n) is 0.705. The summed E-state index contributed by atoms with van der Waals surface area (Å²) >= 11 is 22.3. The molecule has 1 rings (SSSR count). The van der Waals surface area contributed by atoms with Crippen LogP contribution in [0.2, 0.25) is 0 Å². The van der Waals surface area contributed by atoms with Gasteiger partial charge in [0.15, 0.2) is 0 Å². The summed E-state index contributed by atoms with van der Waals surface area (Å²) in [5, 5.41) is 0. The molecule has 1 fully saturated rings. The number of halogens is 4. The first kappa shape index (κ1) is 7.27. The monoisotopic (exact) mass is 192 g/mol. The molecule has 0 bridgehead atoms. The van der Waals surface area contributed by atoms with Gasteiger partial charge in [-0.3, -0.25) is 0 Å². The average molecular weight is 194 g/mol. The van der Waals surface area contributed by atoms with Crippen molar-refractivity contribution in [3.8, 4) is 0 Å². The first-order chi connectivity index (χ1) is 3.41. The van der Waals surface area contributed by atoms with E-state index in [1.54, 1.807) is 0 Å². The summed E-state index contributed by atoms with van der Waals surface area (Å²) in [5.41, 5.74) is 0. The van der Waals surface area contributed by atoms with Crippen LogP contribution >= 0.6 is 46.4 Å². The Bertz CT molecular complexity index is 84.6. The number of alkyl halides is 4. The van der Waals surface area contributed by atoms with Crippen molar-refractivity contribution in [2.24, 2.45) is 0 Å². The van der Waals surface area contributed by atoms with Gasteiger partial charge in [0.25, 0.3) is 0 Å². The van der Waals surface area contributed by atoms with E-state index in [-0.39, 0.29) is 0 Å². The summed E-state index contributed by atoms with van der Waals surface area (Å²) in [6.07, 6.45) is 0.929. The van der Waals surface area contributed by atoms with Crippen molar-refractivity contribution in [3.63, 3.8) is 0 Å². The fourth-order valence-corrected chi connectivity index (χ4v) is 3.08. The van der Waals surface area contributed by atoms with Crippen molar-refractivity contribution in [1.29, 1.82) is 0 Å². The minimum absolute atomic E-state index is 0.465. The number of rotatable bonds is 0. The number of hydrogen-bond acceptors (Lipinski definition) is 0. The molecule has 0 atom stereocenters. The van der Waals surface area contributed by atoms with Gasteiger partial charge in [-0.05, 0) is 0 Å². The standard InChI is InChI=1S/C4H4Cl4/c5-3(6)1-4(7,8)2-3/h1-2H2. The van der Waals surface area contributed by atoms with Gasteiger partial charge >= 0.3 is 0 Å². The zero-order valence-corrected chi connectivity index (χ0v) is 6.95. The third kappa shape index (κ3) is 1.57. The van der Waals surface area contributed by atoms with E-state index in [0.717, 1.165) is 0 Å². The van der Waals surface area contributed by atoms with Gasteiger partial charge in [0.2, 0.25) is 0 Å². The Morgan fingerprint density at radius 2 is 1.00 bits per heavy atom. The topological polar surface area (TPSA) is 0 Å². The van der Waals surface area contributed by atoms with E-state index >= 15 is 0 Å². The Morgan fingerprint density at radius 1 is 0.750 bits per heavy atom. The van der Waals surface area contributed by atoms with E-state index < -0.39 is 8.67 Å². The van der Waals surface area contributed by atoms with Gasteiger partial charge in [0.05, 0.1) is 0 Å². The van der Waals surface area contributed by atoms with Gasteiger partial charge in [0.1, 0.15) is 8.67 Å². The normalized spacial score (nSPS) is 31.5. The summed E-state index contributed by atoms with van der Waals surface area (Å²) in [7, 11) is 0. The average Bonchev–Trinajstić information content (AvgIpc) is 1.20. The highest BCUT2D eigenvalue weighted by atomic mass is 35.5. The van der Waals surface area contributed by atoms with E-state index in [1.165, 1.54) is 0 Å². The number of hydrogen-bond donors (Lipinski definition) is 0. The first-order valence-electron chi connectivity index (χ1n) is 2.17. The highest BCUT2D eigenvalue weighted by Gasteiger charge is 2.50. The van der Waals surface area contributed by atoms with E-state index in [1.807, 2.05) is 0 Å². The Kier molecular flexibility index (Phi) is 1.65. The largest absolute Gasteiger partial charge is 0.124 e. The van der Waals surface area contributed by atoms with Crippen molar-refractivity contribution >= 4 is 46.4 Å². The molecule has 1 aliphatic carbocycles. The van der Waals surface area contributed by atoms with Crippen LogP contribution in [0.1, 0.15) is 12.8 Å². The molecular formula is C4H4Cl4. The van der Waals surface area contributed by atoms with Gasteiger partial charge in [-0.15, -0.1) is 46.4 Å². The molecule has 0 aromatic carbocycles. The first-order valence-corrected chi connectivity index (χ1v) is 3.68. The maximum atomic E-state index is 5.59. The van der Waals surface area contributed by atoms with Crippen LogP contribution in [-0.2, 0) is 0 Å². The predicted octanol–water partition coefficient (Wildman–Crippen LogP) is 3.13. The second kappa shape index (κ2) is 1.82. The SMILES string of the molecule is ClC1(Cl)CC(Cl)(Cl)C1. The Balaban J connectivity index is 2.42. The smallest absolute Gasteiger partial charge is 0.101 e. The van der Waals surface area contributed by atoms with Crippen LogP contribution < -0.4 is 0 Å². The van der Waals surface area contributed by atoms with Crippen molar-refractivity contribution in [2.45, 2.75) is 21.5 Å². The second-order valence-electron chi connectivity index (χ2n) is 2.07. The molecule has 0 spiro atoms. The predicted molar refractivity (Wildman–Crippen MR) is 38.1 cm³/mol. The molecule has 0 aromatic heterocycles. The van der Waals surface area contributed by atoms with Crippen LogP contribution in [-0.4, -0.2) is 8.67 Å². The maximum Gasteiger partial charge on any atom is 0.124 e. The Labute approximate surface area is 68.0 Å². The lowest BCUT2D eigenvalue weighted by Crippen LogP contribution is -2.41. The lowest BCUT2D eigenvalue weighted by Gasteiger charge is -2.40. The molecule has 0 heterocycles. The Hall–Kier alpha value is 1.16. The lowest BCUT2D eigenvalue weighted by molar-refractivity contribution is 0.433. The zero-order valence-electron chi connectivity index (χ0n) is 3.93. The van der Waals surface area contributed by atoms with Crippen LogP contribution in [0.25, 0.3) is 0 Å². The van der Waals surface area contributed by atoms with Crippen LogP contribution in [0.5, 0.6) is 0 Å². The zero-order chi connectivity index (χ0) is 6.41. The van der Waals surface area contributed by atoms with Gasteiger partial charge < -0.3 is 0 Å². The molecule has 0 saturated heterocycles. The van der Waals surface area contributed by atoms with Crippen LogP contribution in [0.15, 0.2) is 0 Å². The quantitative estimate of drug-likeness (QED) is 0.519. The molecular weight excluding hydrogens is 190 g/mol. The van der Waals surface area contributed by atoms with Crippen molar-refractivity contribution in [3.05, 3.63) is 0 Å². The molecule has 1 saturated carbocycles. The molecule has 0 aliphatic heterocycles. The molecule has 0 aromatic rings. The summed E-state index contributed by atoms with van der Waals surface area (Å²) in [6.45, 7) is 0. The highest BCUT2D eigenvalue weighted by molar-refractivity contribution is 6.56. The van der Waals surface area contributed by atoms with Crippen molar-refractivity contribution in [1.82, 2.24) is 0 Å². The minimum atomic E-state index is -0.663. The Morgan fingerprint density at radius 3 is 1.00 bits per heavy atom. The van der Waals surface area contributed by atoms with Gasteiger partial charge in [-0.2, -0.15) is 0 Å². The summed E-state index contributed by atoms with van der Waals surface area (Å²) in [5.74, 6) is 0. The van der Waals surface area contributed by atoms with Crippen molar-refractivity contribution in [2.75, 3.05) is 0 Å². The molecule has 48 valence electrons. The molecule has 0 nitrogen and oxygen atoms in total. The van der Waals surface area contributed by atoms with E-state index in [2.05, 4.69) is 0 Å². The fraction of sp³-hybridized carbons (Fsp3) is 1.00.